The number of carbonyl (C=O) groups is 1. The Balaban J connectivity index is 1.97. The smallest absolute Gasteiger partial charge is 0.264 e. The number of rotatable bonds is 6. The van der Waals surface area contributed by atoms with Crippen LogP contribution in [0, 0.1) is 25.5 Å². The molecule has 3 aromatic carbocycles. The van der Waals surface area contributed by atoms with Crippen LogP contribution in [0.4, 0.5) is 20.2 Å². The summed E-state index contributed by atoms with van der Waals surface area (Å²) in [4.78, 5) is 12.6. The number of anilines is 2. The van der Waals surface area contributed by atoms with E-state index in [0.717, 1.165) is 22.0 Å². The Morgan fingerprint density at radius 3 is 2.27 bits per heavy atom. The second-order valence-corrected chi connectivity index (χ2v) is 8.65. The second-order valence-electron chi connectivity index (χ2n) is 6.79. The van der Waals surface area contributed by atoms with Crippen LogP contribution in [0.5, 0.6) is 0 Å². The van der Waals surface area contributed by atoms with Crippen LogP contribution in [0.15, 0.2) is 71.6 Å². The minimum absolute atomic E-state index is 0.0246. The average Bonchev–Trinajstić information content (AvgIpc) is 2.70. The number of halogens is 2. The third-order valence-electron chi connectivity index (χ3n) is 4.44. The molecule has 0 saturated heterocycles. The van der Waals surface area contributed by atoms with Crippen LogP contribution in [-0.2, 0) is 14.8 Å². The summed E-state index contributed by atoms with van der Waals surface area (Å²) in [7, 11) is -4.05. The standard InChI is InChI=1S/C22H20F2N2O3S/c1-15-8-11-21(16(2)12-15)26(30(28,29)18-6-4-3-5-7-18)14-22(27)25-17-9-10-19(23)20(24)13-17/h3-13H,14H2,1-2H3,(H,25,27). The fraction of sp³-hybridized carbons (Fsp3) is 0.136. The highest BCUT2D eigenvalue weighted by Gasteiger charge is 2.28. The zero-order valence-electron chi connectivity index (χ0n) is 16.4. The summed E-state index contributed by atoms with van der Waals surface area (Å²) < 4.78 is 54.1. The lowest BCUT2D eigenvalue weighted by Gasteiger charge is -2.26. The number of aryl methyl sites for hydroxylation is 2. The van der Waals surface area contributed by atoms with Crippen molar-refractivity contribution >= 4 is 27.3 Å². The number of nitrogens with one attached hydrogen (secondary N) is 1. The van der Waals surface area contributed by atoms with Crippen LogP contribution in [0.1, 0.15) is 11.1 Å². The van der Waals surface area contributed by atoms with Gasteiger partial charge in [0.2, 0.25) is 5.91 Å². The lowest BCUT2D eigenvalue weighted by molar-refractivity contribution is -0.114. The predicted molar refractivity (Wildman–Crippen MR) is 112 cm³/mol. The van der Waals surface area contributed by atoms with Gasteiger partial charge in [0.1, 0.15) is 6.54 Å². The zero-order chi connectivity index (χ0) is 21.9. The first-order valence-corrected chi connectivity index (χ1v) is 10.5. The van der Waals surface area contributed by atoms with Gasteiger partial charge < -0.3 is 5.32 Å². The van der Waals surface area contributed by atoms with Gasteiger partial charge in [-0.05, 0) is 49.7 Å². The molecule has 0 unspecified atom stereocenters. The molecule has 30 heavy (non-hydrogen) atoms. The van der Waals surface area contributed by atoms with E-state index in [1.165, 1.54) is 18.2 Å². The third-order valence-corrected chi connectivity index (χ3v) is 6.22. The van der Waals surface area contributed by atoms with E-state index in [1.54, 1.807) is 37.3 Å². The van der Waals surface area contributed by atoms with Crippen molar-refractivity contribution in [2.45, 2.75) is 18.7 Å². The summed E-state index contributed by atoms with van der Waals surface area (Å²) in [5.74, 6) is -2.85. The van der Waals surface area contributed by atoms with Crippen LogP contribution < -0.4 is 9.62 Å². The Morgan fingerprint density at radius 1 is 0.933 bits per heavy atom. The SMILES string of the molecule is Cc1ccc(N(CC(=O)Nc2ccc(F)c(F)c2)S(=O)(=O)c2ccccc2)c(C)c1. The maximum absolute atomic E-state index is 13.4. The van der Waals surface area contributed by atoms with Crippen LogP contribution in [-0.4, -0.2) is 20.9 Å². The van der Waals surface area contributed by atoms with Crippen LogP contribution in [0.3, 0.4) is 0 Å². The fourth-order valence-electron chi connectivity index (χ4n) is 3.01. The molecule has 156 valence electrons. The van der Waals surface area contributed by atoms with Crippen LogP contribution in [0.2, 0.25) is 0 Å². The molecule has 0 spiro atoms. The van der Waals surface area contributed by atoms with E-state index in [2.05, 4.69) is 5.32 Å². The summed E-state index contributed by atoms with van der Waals surface area (Å²) >= 11 is 0. The van der Waals surface area contributed by atoms with E-state index < -0.39 is 34.1 Å². The van der Waals surface area contributed by atoms with Gasteiger partial charge in [-0.2, -0.15) is 0 Å². The number of carbonyl (C=O) groups excluding carboxylic acids is 1. The van der Waals surface area contributed by atoms with Crippen molar-refractivity contribution in [2.75, 3.05) is 16.2 Å². The van der Waals surface area contributed by atoms with E-state index in [1.807, 2.05) is 13.0 Å². The zero-order valence-corrected chi connectivity index (χ0v) is 17.2. The molecule has 8 heteroatoms. The highest BCUT2D eigenvalue weighted by molar-refractivity contribution is 7.92. The van der Waals surface area contributed by atoms with E-state index in [-0.39, 0.29) is 10.6 Å². The number of amides is 1. The van der Waals surface area contributed by atoms with Gasteiger partial charge in [-0.1, -0.05) is 35.9 Å². The van der Waals surface area contributed by atoms with Crippen molar-refractivity contribution in [1.29, 1.82) is 0 Å². The highest BCUT2D eigenvalue weighted by Crippen LogP contribution is 2.27. The number of benzene rings is 3. The van der Waals surface area contributed by atoms with E-state index >= 15 is 0 Å². The lowest BCUT2D eigenvalue weighted by Crippen LogP contribution is -2.38. The molecule has 3 rings (SSSR count). The van der Waals surface area contributed by atoms with Gasteiger partial charge in [0, 0.05) is 11.8 Å². The summed E-state index contributed by atoms with van der Waals surface area (Å²) in [5.41, 5.74) is 2.00. The van der Waals surface area contributed by atoms with Gasteiger partial charge in [0.25, 0.3) is 10.0 Å². The maximum Gasteiger partial charge on any atom is 0.264 e. The molecule has 0 aliphatic rings. The summed E-state index contributed by atoms with van der Waals surface area (Å²) in [6.45, 7) is 3.09. The Labute approximate surface area is 174 Å². The average molecular weight is 430 g/mol. The molecule has 0 bridgehead atoms. The van der Waals surface area contributed by atoms with Gasteiger partial charge in [-0.3, -0.25) is 9.10 Å². The van der Waals surface area contributed by atoms with Gasteiger partial charge in [0.05, 0.1) is 10.6 Å². The van der Waals surface area contributed by atoms with Crippen LogP contribution in [0.25, 0.3) is 0 Å². The van der Waals surface area contributed by atoms with Gasteiger partial charge >= 0.3 is 0 Å². The number of hydrogen-bond donors (Lipinski definition) is 1. The van der Waals surface area contributed by atoms with Crippen molar-refractivity contribution in [3.8, 4) is 0 Å². The highest BCUT2D eigenvalue weighted by atomic mass is 32.2. The molecular formula is C22H20F2N2O3S. The molecule has 0 aromatic heterocycles. The first-order valence-electron chi connectivity index (χ1n) is 9.08. The van der Waals surface area contributed by atoms with Crippen molar-refractivity contribution in [2.24, 2.45) is 0 Å². The molecule has 1 amide bonds. The summed E-state index contributed by atoms with van der Waals surface area (Å²) in [6, 6.07) is 15.9. The monoisotopic (exact) mass is 430 g/mol. The third kappa shape index (κ3) is 4.65. The van der Waals surface area contributed by atoms with Gasteiger partial charge in [0.15, 0.2) is 11.6 Å². The van der Waals surface area contributed by atoms with Gasteiger partial charge in [-0.15, -0.1) is 0 Å². The normalized spacial score (nSPS) is 11.2. The molecule has 1 N–H and O–H groups in total. The first-order chi connectivity index (χ1) is 14.2. The predicted octanol–water partition coefficient (Wildman–Crippen LogP) is 4.42. The van der Waals surface area contributed by atoms with E-state index in [0.29, 0.717) is 11.3 Å². The Morgan fingerprint density at radius 2 is 1.63 bits per heavy atom. The van der Waals surface area contributed by atoms with Crippen molar-refractivity contribution in [1.82, 2.24) is 0 Å². The summed E-state index contributed by atoms with van der Waals surface area (Å²) in [5, 5.41) is 2.41. The lowest BCUT2D eigenvalue weighted by atomic mass is 10.1. The van der Waals surface area contributed by atoms with Crippen molar-refractivity contribution in [3.05, 3.63) is 89.5 Å². The molecule has 0 radical (unpaired) electrons. The van der Waals surface area contributed by atoms with Gasteiger partial charge in [-0.25, -0.2) is 17.2 Å². The Bertz CT molecular complexity index is 1180. The van der Waals surface area contributed by atoms with Crippen molar-refractivity contribution in [3.63, 3.8) is 0 Å². The minimum Gasteiger partial charge on any atom is -0.324 e. The van der Waals surface area contributed by atoms with E-state index in [9.17, 15) is 22.0 Å². The van der Waals surface area contributed by atoms with Crippen LogP contribution >= 0.6 is 0 Å². The molecule has 0 fully saturated rings. The van der Waals surface area contributed by atoms with Crippen molar-refractivity contribution < 1.29 is 22.0 Å². The Hall–Kier alpha value is -3.26. The molecule has 0 heterocycles. The topological polar surface area (TPSA) is 66.5 Å². The van der Waals surface area contributed by atoms with E-state index in [4.69, 9.17) is 0 Å². The maximum atomic E-state index is 13.4. The number of nitrogens with zero attached hydrogens (tertiary/aromatic N) is 1. The molecule has 3 aromatic rings. The largest absolute Gasteiger partial charge is 0.324 e. The Kier molecular flexibility index (Phi) is 6.17. The first kappa shape index (κ1) is 21.4. The molecule has 0 aliphatic heterocycles. The molecule has 0 saturated carbocycles. The summed E-state index contributed by atoms with van der Waals surface area (Å²) in [6.07, 6.45) is 0. The quantitative estimate of drug-likeness (QED) is 0.630. The minimum atomic E-state index is -4.05. The molecule has 0 atom stereocenters. The number of sulfonamides is 1. The molecular weight excluding hydrogens is 410 g/mol. The second kappa shape index (κ2) is 8.62. The number of hydrogen-bond acceptors (Lipinski definition) is 3. The molecule has 0 aliphatic carbocycles. The molecule has 5 nitrogen and oxygen atoms in total. The fourth-order valence-corrected chi connectivity index (χ4v) is 4.52.